The Hall–Kier alpha value is -0.617. The molecule has 0 fully saturated rings. The minimum absolute atomic E-state index is 0. The van der Waals surface area contributed by atoms with Crippen LogP contribution >= 0.6 is 0 Å². The first kappa shape index (κ1) is 20.7. The third-order valence-corrected chi connectivity index (χ3v) is 8.81. The van der Waals surface area contributed by atoms with E-state index in [-0.39, 0.29) is 24.8 Å². The van der Waals surface area contributed by atoms with Gasteiger partial charge in [0.25, 0.3) is 0 Å². The minimum atomic E-state index is -0.656. The first-order chi connectivity index (χ1) is 11.4. The standard InChI is InChI=1S/C13H9.C9H13.2ClH.Zr/c1-3-7-12-10(5-1)9-11-6-2-4-8-13(11)12;1-2-3-6-9-7-4-5-8-9;;;/h1-5,7-8H,9H2;4,7H,2-3,5-6H2,1H3;2*1H;/q;;;;+2/p-2. The zero-order valence-electron chi connectivity index (χ0n) is 14.5. The van der Waals surface area contributed by atoms with E-state index in [2.05, 4.69) is 61.5 Å². The van der Waals surface area contributed by atoms with Crippen LogP contribution in [0.3, 0.4) is 0 Å². The average Bonchev–Trinajstić information content (AvgIpc) is 3.18. The second kappa shape index (κ2) is 9.36. The van der Waals surface area contributed by atoms with Gasteiger partial charge in [-0.1, -0.05) is 0 Å². The molecule has 2 aliphatic rings. The van der Waals surface area contributed by atoms with Crippen molar-refractivity contribution >= 4 is 3.27 Å². The monoisotopic (exact) mass is 446 g/mol. The molecule has 3 heteroatoms. The zero-order chi connectivity index (χ0) is 15.6. The van der Waals surface area contributed by atoms with Gasteiger partial charge in [0.2, 0.25) is 0 Å². The van der Waals surface area contributed by atoms with Crippen molar-refractivity contribution in [3.63, 3.8) is 0 Å². The molecule has 0 heterocycles. The van der Waals surface area contributed by atoms with E-state index in [0.717, 1.165) is 6.42 Å². The molecule has 0 N–H and O–H groups in total. The van der Waals surface area contributed by atoms with Crippen molar-refractivity contribution in [1.82, 2.24) is 0 Å². The molecule has 4 rings (SSSR count). The summed E-state index contributed by atoms with van der Waals surface area (Å²) in [6, 6.07) is 16.0. The van der Waals surface area contributed by atoms with Crippen LogP contribution in [0.5, 0.6) is 0 Å². The molecule has 2 aromatic carbocycles. The summed E-state index contributed by atoms with van der Waals surface area (Å²) in [6.07, 6.45) is 11.1. The summed E-state index contributed by atoms with van der Waals surface area (Å²) in [5.74, 6) is 0. The van der Waals surface area contributed by atoms with Crippen molar-refractivity contribution in [3.8, 4) is 11.1 Å². The van der Waals surface area contributed by atoms with Crippen LogP contribution in [0.1, 0.15) is 43.7 Å². The van der Waals surface area contributed by atoms with Crippen molar-refractivity contribution in [3.05, 3.63) is 74.6 Å². The van der Waals surface area contributed by atoms with Crippen LogP contribution in [-0.2, 0) is 29.7 Å². The maximum atomic E-state index is 2.42. The number of hydrogen-bond donors (Lipinski definition) is 0. The minimum Gasteiger partial charge on any atom is -1.00 e. The number of allylic oxidation sites excluding steroid dienone is 4. The van der Waals surface area contributed by atoms with Crippen LogP contribution in [0.2, 0.25) is 0 Å². The van der Waals surface area contributed by atoms with E-state index in [1.165, 1.54) is 42.4 Å². The molecule has 0 aliphatic heterocycles. The SMILES string of the molecule is CCCCC1=[C]([Zr+2][c]2cccc3c2Cc2ccccc2-3)CC=C1.[Cl-].[Cl-]. The van der Waals surface area contributed by atoms with Gasteiger partial charge in [-0.15, -0.1) is 0 Å². The van der Waals surface area contributed by atoms with E-state index in [1.54, 1.807) is 14.4 Å². The Kier molecular flexibility index (Phi) is 7.74. The molecule has 0 nitrogen and oxygen atoms in total. The van der Waals surface area contributed by atoms with Gasteiger partial charge < -0.3 is 24.8 Å². The van der Waals surface area contributed by atoms with E-state index in [0.29, 0.717) is 0 Å². The number of hydrogen-bond acceptors (Lipinski definition) is 0. The molecule has 0 saturated carbocycles. The normalized spacial score (nSPS) is 13.6. The van der Waals surface area contributed by atoms with Gasteiger partial charge in [-0.2, -0.15) is 0 Å². The van der Waals surface area contributed by atoms with Gasteiger partial charge in [-0.25, -0.2) is 0 Å². The summed E-state index contributed by atoms with van der Waals surface area (Å²) in [4.78, 5) is 0. The van der Waals surface area contributed by atoms with Gasteiger partial charge in [-0.3, -0.25) is 0 Å². The summed E-state index contributed by atoms with van der Waals surface area (Å²) in [5.41, 5.74) is 7.79. The zero-order valence-corrected chi connectivity index (χ0v) is 18.5. The van der Waals surface area contributed by atoms with Crippen LogP contribution in [0, 0.1) is 0 Å². The molecule has 2 aromatic rings. The van der Waals surface area contributed by atoms with Gasteiger partial charge >= 0.3 is 151 Å². The molecule has 0 atom stereocenters. The fourth-order valence-electron chi connectivity index (χ4n) is 3.72. The number of unbranched alkanes of at least 4 members (excludes halogenated alkanes) is 1. The van der Waals surface area contributed by atoms with Crippen molar-refractivity contribution < 1.29 is 48.0 Å². The maximum absolute atomic E-state index is 2.42. The van der Waals surface area contributed by atoms with E-state index < -0.39 is 23.2 Å². The number of fused-ring (bicyclic) bond motifs is 3. The topological polar surface area (TPSA) is 0 Å². The molecular formula is C22H22Cl2Zr. The van der Waals surface area contributed by atoms with E-state index >= 15 is 0 Å². The summed E-state index contributed by atoms with van der Waals surface area (Å²) in [5, 5.41) is 0. The Morgan fingerprint density at radius 2 is 1.76 bits per heavy atom. The molecule has 25 heavy (non-hydrogen) atoms. The number of rotatable bonds is 5. The third kappa shape index (κ3) is 4.21. The summed E-state index contributed by atoms with van der Waals surface area (Å²) in [7, 11) is 0. The van der Waals surface area contributed by atoms with Crippen LogP contribution in [0.4, 0.5) is 0 Å². The third-order valence-electron chi connectivity index (χ3n) is 4.96. The Labute approximate surface area is 175 Å². The second-order valence-electron chi connectivity index (χ2n) is 6.50. The van der Waals surface area contributed by atoms with Crippen LogP contribution < -0.4 is 28.1 Å². The molecule has 0 spiro atoms. The molecule has 128 valence electrons. The summed E-state index contributed by atoms with van der Waals surface area (Å²) < 4.78 is 3.52. The van der Waals surface area contributed by atoms with E-state index in [9.17, 15) is 0 Å². The number of halogens is 2. The largest absolute Gasteiger partial charge is 1.00 e. The van der Waals surface area contributed by atoms with Crippen molar-refractivity contribution in [2.45, 2.75) is 39.0 Å². The van der Waals surface area contributed by atoms with E-state index in [1.807, 2.05) is 3.28 Å². The fourth-order valence-corrected chi connectivity index (χ4v) is 7.33. The molecule has 0 amide bonds. The molecular weight excluding hydrogens is 426 g/mol. The predicted molar refractivity (Wildman–Crippen MR) is 94.6 cm³/mol. The van der Waals surface area contributed by atoms with Gasteiger partial charge in [0.15, 0.2) is 0 Å². The fraction of sp³-hybridized carbons (Fsp3) is 0.273. The van der Waals surface area contributed by atoms with Gasteiger partial charge in [0.05, 0.1) is 0 Å². The average molecular weight is 449 g/mol. The molecule has 2 aliphatic carbocycles. The van der Waals surface area contributed by atoms with E-state index in [4.69, 9.17) is 0 Å². The van der Waals surface area contributed by atoms with Gasteiger partial charge in [-0.05, 0) is 0 Å². The quantitative estimate of drug-likeness (QED) is 0.488. The van der Waals surface area contributed by atoms with Crippen molar-refractivity contribution in [2.75, 3.05) is 0 Å². The van der Waals surface area contributed by atoms with Gasteiger partial charge in [0.1, 0.15) is 0 Å². The smallest absolute Gasteiger partial charge is 1.00 e. The Morgan fingerprint density at radius 3 is 2.60 bits per heavy atom. The van der Waals surface area contributed by atoms with Gasteiger partial charge in [0, 0.05) is 0 Å². The Balaban J connectivity index is 0.00000113. The molecule has 0 aromatic heterocycles. The van der Waals surface area contributed by atoms with Crippen LogP contribution in [0.25, 0.3) is 11.1 Å². The first-order valence-corrected chi connectivity index (χ1v) is 11.2. The summed E-state index contributed by atoms with van der Waals surface area (Å²) >= 11 is -0.656. The molecule has 0 saturated heterocycles. The van der Waals surface area contributed by atoms with Crippen molar-refractivity contribution in [1.29, 1.82) is 0 Å². The predicted octanol–water partition coefficient (Wildman–Crippen LogP) is -0.622. The first-order valence-electron chi connectivity index (χ1n) is 8.72. The second-order valence-corrected chi connectivity index (χ2v) is 9.93. The molecule has 0 radical (unpaired) electrons. The van der Waals surface area contributed by atoms with Crippen LogP contribution in [-0.4, -0.2) is 0 Å². The molecule has 0 bridgehead atoms. The Bertz CT molecular complexity index is 805. The van der Waals surface area contributed by atoms with Crippen molar-refractivity contribution in [2.24, 2.45) is 0 Å². The Morgan fingerprint density at radius 1 is 0.960 bits per heavy atom. The maximum Gasteiger partial charge on any atom is -1.00 e. The molecule has 0 unspecified atom stereocenters. The summed E-state index contributed by atoms with van der Waals surface area (Å²) in [6.45, 7) is 2.29. The van der Waals surface area contributed by atoms with Crippen LogP contribution in [0.15, 0.2) is 63.5 Å². The number of benzene rings is 2.